The molecule has 3 heteroatoms. The lowest BCUT2D eigenvalue weighted by Crippen LogP contribution is -2.39. The monoisotopic (exact) mass is 213 g/mol. The lowest BCUT2D eigenvalue weighted by Gasteiger charge is -2.23. The van der Waals surface area contributed by atoms with E-state index < -0.39 is 0 Å². The average Bonchev–Trinajstić information content (AvgIpc) is 2.45. The number of nitrogens with one attached hydrogen (secondary N) is 1. The summed E-state index contributed by atoms with van der Waals surface area (Å²) in [5.74, 6) is 0.669. The highest BCUT2D eigenvalue weighted by molar-refractivity contribution is 5.77. The lowest BCUT2D eigenvalue weighted by atomic mass is 9.93. The smallest absolute Gasteiger partial charge is 0.246 e. The Hall–Kier alpha value is -0.570. The number of amides is 1. The summed E-state index contributed by atoms with van der Waals surface area (Å²) >= 11 is 0. The van der Waals surface area contributed by atoms with Crippen molar-refractivity contribution >= 4 is 5.91 Å². The van der Waals surface area contributed by atoms with Gasteiger partial charge in [-0.3, -0.25) is 4.79 Å². The van der Waals surface area contributed by atoms with Crippen molar-refractivity contribution in [3.63, 3.8) is 0 Å². The number of hydrogen-bond acceptors (Lipinski definition) is 2. The fourth-order valence-corrected chi connectivity index (χ4v) is 2.36. The van der Waals surface area contributed by atoms with Crippen LogP contribution in [0.25, 0.3) is 0 Å². The second-order valence-electron chi connectivity index (χ2n) is 4.54. The van der Waals surface area contributed by atoms with Gasteiger partial charge in [-0.15, -0.1) is 0 Å². The quantitative estimate of drug-likeness (QED) is 0.726. The molecule has 0 radical (unpaired) electrons. The maximum absolute atomic E-state index is 11.3. The van der Waals surface area contributed by atoms with Crippen LogP contribution < -0.4 is 5.32 Å². The van der Waals surface area contributed by atoms with Gasteiger partial charge in [-0.1, -0.05) is 25.7 Å². The molecule has 1 aliphatic rings. The van der Waals surface area contributed by atoms with Crippen LogP contribution in [0.2, 0.25) is 0 Å². The Bertz CT molecular complexity index is 186. The highest BCUT2D eigenvalue weighted by atomic mass is 16.5. The molecule has 0 saturated heterocycles. The van der Waals surface area contributed by atoms with Gasteiger partial charge in [-0.2, -0.15) is 0 Å². The number of rotatable bonds is 4. The summed E-state index contributed by atoms with van der Waals surface area (Å²) in [6.45, 7) is 2.29. The zero-order valence-electron chi connectivity index (χ0n) is 9.92. The van der Waals surface area contributed by atoms with Crippen LogP contribution in [0.5, 0.6) is 0 Å². The summed E-state index contributed by atoms with van der Waals surface area (Å²) in [7, 11) is 1.55. The fourth-order valence-electron chi connectivity index (χ4n) is 2.36. The van der Waals surface area contributed by atoms with E-state index in [1.54, 1.807) is 7.11 Å². The number of carbonyl (C=O) groups is 1. The van der Waals surface area contributed by atoms with Gasteiger partial charge in [0.15, 0.2) is 0 Å². The van der Waals surface area contributed by atoms with Crippen LogP contribution in [-0.4, -0.2) is 25.7 Å². The van der Waals surface area contributed by atoms with E-state index in [1.807, 2.05) is 0 Å². The Morgan fingerprint density at radius 2 is 1.93 bits per heavy atom. The van der Waals surface area contributed by atoms with Gasteiger partial charge in [-0.25, -0.2) is 0 Å². The molecule has 3 nitrogen and oxygen atoms in total. The zero-order chi connectivity index (χ0) is 11.1. The minimum Gasteiger partial charge on any atom is -0.375 e. The van der Waals surface area contributed by atoms with Crippen LogP contribution in [-0.2, 0) is 9.53 Å². The fraction of sp³-hybridized carbons (Fsp3) is 0.917. The minimum absolute atomic E-state index is 0.00856. The van der Waals surface area contributed by atoms with Crippen LogP contribution in [0, 0.1) is 5.92 Å². The first-order chi connectivity index (χ1) is 7.24. The van der Waals surface area contributed by atoms with Crippen molar-refractivity contribution in [3.05, 3.63) is 0 Å². The Labute approximate surface area is 92.6 Å². The summed E-state index contributed by atoms with van der Waals surface area (Å²) in [5.41, 5.74) is 0. The SMILES string of the molecule is COCC(=O)N[C@H](C)C1CCCCCC1. The largest absolute Gasteiger partial charge is 0.375 e. The summed E-state index contributed by atoms with van der Waals surface area (Å²) in [5, 5.41) is 3.01. The van der Waals surface area contributed by atoms with Crippen molar-refractivity contribution in [2.24, 2.45) is 5.92 Å². The van der Waals surface area contributed by atoms with Crippen molar-refractivity contribution in [1.82, 2.24) is 5.32 Å². The average molecular weight is 213 g/mol. The van der Waals surface area contributed by atoms with E-state index in [-0.39, 0.29) is 12.5 Å². The summed E-state index contributed by atoms with van der Waals surface area (Å²) in [6.07, 6.45) is 7.86. The molecule has 0 aromatic heterocycles. The Morgan fingerprint density at radius 1 is 1.33 bits per heavy atom. The van der Waals surface area contributed by atoms with E-state index in [4.69, 9.17) is 4.74 Å². The van der Waals surface area contributed by atoms with Gasteiger partial charge >= 0.3 is 0 Å². The summed E-state index contributed by atoms with van der Waals surface area (Å²) in [4.78, 5) is 11.3. The van der Waals surface area contributed by atoms with E-state index in [0.29, 0.717) is 12.0 Å². The van der Waals surface area contributed by atoms with Crippen LogP contribution in [0.1, 0.15) is 45.4 Å². The van der Waals surface area contributed by atoms with Crippen LogP contribution in [0.4, 0.5) is 0 Å². The molecule has 0 heterocycles. The normalized spacial score (nSPS) is 20.7. The molecule has 1 atom stereocenters. The maximum Gasteiger partial charge on any atom is 0.246 e. The zero-order valence-corrected chi connectivity index (χ0v) is 9.92. The summed E-state index contributed by atoms with van der Waals surface area (Å²) < 4.78 is 4.80. The molecule has 88 valence electrons. The molecule has 0 aromatic rings. The van der Waals surface area contributed by atoms with Gasteiger partial charge in [0, 0.05) is 13.2 Å². The highest BCUT2D eigenvalue weighted by Gasteiger charge is 2.20. The number of ether oxygens (including phenoxy) is 1. The van der Waals surface area contributed by atoms with E-state index in [2.05, 4.69) is 12.2 Å². The third-order valence-corrected chi connectivity index (χ3v) is 3.27. The molecule has 0 aliphatic heterocycles. The molecule has 1 N–H and O–H groups in total. The van der Waals surface area contributed by atoms with Gasteiger partial charge in [-0.05, 0) is 25.7 Å². The molecule has 0 unspecified atom stereocenters. The van der Waals surface area contributed by atoms with Crippen molar-refractivity contribution < 1.29 is 9.53 Å². The predicted octanol–water partition coefficient (Wildman–Crippen LogP) is 2.11. The number of methoxy groups -OCH3 is 1. The Kier molecular flexibility index (Phi) is 5.69. The molecule has 0 bridgehead atoms. The molecule has 1 aliphatic carbocycles. The van der Waals surface area contributed by atoms with Gasteiger partial charge < -0.3 is 10.1 Å². The van der Waals surface area contributed by atoms with Crippen LogP contribution in [0.3, 0.4) is 0 Å². The van der Waals surface area contributed by atoms with Gasteiger partial charge in [0.2, 0.25) is 5.91 Å². The van der Waals surface area contributed by atoms with Crippen molar-refractivity contribution in [2.75, 3.05) is 13.7 Å². The van der Waals surface area contributed by atoms with Crippen LogP contribution >= 0.6 is 0 Å². The van der Waals surface area contributed by atoms with E-state index in [9.17, 15) is 4.79 Å². The molecule has 1 fully saturated rings. The topological polar surface area (TPSA) is 38.3 Å². The third kappa shape index (κ3) is 4.65. The third-order valence-electron chi connectivity index (χ3n) is 3.27. The molecule has 1 rings (SSSR count). The molecule has 15 heavy (non-hydrogen) atoms. The first kappa shape index (κ1) is 12.5. The molecular formula is C12H23NO2. The first-order valence-electron chi connectivity index (χ1n) is 6.02. The minimum atomic E-state index is 0.00856. The van der Waals surface area contributed by atoms with Crippen molar-refractivity contribution in [2.45, 2.75) is 51.5 Å². The van der Waals surface area contributed by atoms with Gasteiger partial charge in [0.25, 0.3) is 0 Å². The van der Waals surface area contributed by atoms with Crippen LogP contribution in [0.15, 0.2) is 0 Å². The lowest BCUT2D eigenvalue weighted by molar-refractivity contribution is -0.125. The van der Waals surface area contributed by atoms with Gasteiger partial charge in [0.05, 0.1) is 0 Å². The molecular weight excluding hydrogens is 190 g/mol. The van der Waals surface area contributed by atoms with E-state index in [0.717, 1.165) is 0 Å². The second kappa shape index (κ2) is 6.83. The number of carbonyl (C=O) groups excluding carboxylic acids is 1. The number of hydrogen-bond donors (Lipinski definition) is 1. The predicted molar refractivity (Wildman–Crippen MR) is 60.7 cm³/mol. The molecule has 0 aromatic carbocycles. The molecule has 1 amide bonds. The maximum atomic E-state index is 11.3. The molecule has 0 spiro atoms. The van der Waals surface area contributed by atoms with E-state index in [1.165, 1.54) is 38.5 Å². The van der Waals surface area contributed by atoms with Crippen molar-refractivity contribution in [3.8, 4) is 0 Å². The Morgan fingerprint density at radius 3 is 2.47 bits per heavy atom. The van der Waals surface area contributed by atoms with E-state index >= 15 is 0 Å². The second-order valence-corrected chi connectivity index (χ2v) is 4.54. The first-order valence-corrected chi connectivity index (χ1v) is 6.02. The highest BCUT2D eigenvalue weighted by Crippen LogP contribution is 2.25. The van der Waals surface area contributed by atoms with Crippen molar-refractivity contribution in [1.29, 1.82) is 0 Å². The Balaban J connectivity index is 2.30. The van der Waals surface area contributed by atoms with Gasteiger partial charge in [0.1, 0.15) is 6.61 Å². The standard InChI is InChI=1S/C12H23NO2/c1-10(13-12(14)9-15-2)11-7-5-3-4-6-8-11/h10-11H,3-9H2,1-2H3,(H,13,14)/t10-/m1/s1. The molecule has 1 saturated carbocycles. The summed E-state index contributed by atoms with van der Waals surface area (Å²) in [6, 6.07) is 0.297.